The van der Waals surface area contributed by atoms with Gasteiger partial charge >= 0.3 is 0 Å². The van der Waals surface area contributed by atoms with E-state index in [1.54, 1.807) is 54.6 Å². The maximum absolute atomic E-state index is 12.1. The van der Waals surface area contributed by atoms with E-state index in [0.29, 0.717) is 41.7 Å². The third-order valence-corrected chi connectivity index (χ3v) is 4.98. The summed E-state index contributed by atoms with van der Waals surface area (Å²) in [7, 11) is 0. The third-order valence-electron chi connectivity index (χ3n) is 4.98. The number of amides is 2. The van der Waals surface area contributed by atoms with Crippen LogP contribution >= 0.6 is 0 Å². The second-order valence-corrected chi connectivity index (χ2v) is 7.83. The lowest BCUT2D eigenvalue weighted by atomic mass is 10.2. The van der Waals surface area contributed by atoms with Gasteiger partial charge < -0.3 is 19.5 Å². The van der Waals surface area contributed by atoms with Crippen LogP contribution in [0.3, 0.4) is 0 Å². The highest BCUT2D eigenvalue weighted by Crippen LogP contribution is 2.29. The average Bonchev–Trinajstić information content (AvgIpc) is 2.90. The Hall–Kier alpha value is -4.93. The lowest BCUT2D eigenvalue weighted by molar-refractivity contribution is -0.384. The molecule has 0 spiro atoms. The SMILES string of the molecule is CCOc1ccc(NC(=O)CC(=O)NN=Cc2ccc(OCc3ccc([N+](=O)[O-])cc3)c(OCC)c2)cc1. The molecule has 0 aliphatic carbocycles. The van der Waals surface area contributed by atoms with E-state index >= 15 is 0 Å². The molecule has 2 N–H and O–H groups in total. The van der Waals surface area contributed by atoms with E-state index in [1.807, 2.05) is 13.8 Å². The molecule has 3 rings (SSSR count). The first-order valence-electron chi connectivity index (χ1n) is 11.9. The van der Waals surface area contributed by atoms with Crippen LogP contribution in [0.4, 0.5) is 11.4 Å². The molecule has 3 aromatic carbocycles. The monoisotopic (exact) mass is 520 g/mol. The van der Waals surface area contributed by atoms with Gasteiger partial charge in [-0.25, -0.2) is 5.43 Å². The second-order valence-electron chi connectivity index (χ2n) is 7.83. The molecule has 0 aliphatic heterocycles. The fraction of sp³-hybridized carbons (Fsp3) is 0.222. The number of hydrogen-bond acceptors (Lipinski definition) is 8. The van der Waals surface area contributed by atoms with Gasteiger partial charge in [0.15, 0.2) is 11.5 Å². The Morgan fingerprint density at radius 1 is 0.895 bits per heavy atom. The number of carbonyl (C=O) groups is 2. The van der Waals surface area contributed by atoms with Gasteiger partial charge in [0.05, 0.1) is 24.4 Å². The van der Waals surface area contributed by atoms with Crippen LogP contribution in [0, 0.1) is 10.1 Å². The van der Waals surface area contributed by atoms with Crippen LogP contribution in [0.15, 0.2) is 71.8 Å². The standard InChI is InChI=1S/C27H28N4O7/c1-3-36-23-12-8-21(9-13-23)29-26(32)16-27(33)30-28-17-20-7-14-24(25(15-20)37-4-2)38-18-19-5-10-22(11-6-19)31(34)35/h5-15,17H,3-4,16,18H2,1-2H3,(H,29,32)(H,30,33). The van der Waals surface area contributed by atoms with Gasteiger partial charge in [0.1, 0.15) is 18.8 Å². The molecule has 0 fully saturated rings. The highest BCUT2D eigenvalue weighted by Gasteiger charge is 2.10. The van der Waals surface area contributed by atoms with Crippen LogP contribution in [0.5, 0.6) is 17.2 Å². The summed E-state index contributed by atoms with van der Waals surface area (Å²) in [6.45, 7) is 4.85. The largest absolute Gasteiger partial charge is 0.494 e. The molecule has 0 atom stereocenters. The Morgan fingerprint density at radius 2 is 1.61 bits per heavy atom. The smallest absolute Gasteiger partial charge is 0.269 e. The first-order valence-corrected chi connectivity index (χ1v) is 11.9. The minimum Gasteiger partial charge on any atom is -0.494 e. The molecular formula is C27H28N4O7. The summed E-state index contributed by atoms with van der Waals surface area (Å²) in [6, 6.07) is 18.0. The summed E-state index contributed by atoms with van der Waals surface area (Å²) >= 11 is 0. The van der Waals surface area contributed by atoms with E-state index in [2.05, 4.69) is 15.8 Å². The van der Waals surface area contributed by atoms with Crippen molar-refractivity contribution in [3.8, 4) is 17.2 Å². The van der Waals surface area contributed by atoms with Gasteiger partial charge in [-0.1, -0.05) is 0 Å². The van der Waals surface area contributed by atoms with E-state index in [0.717, 1.165) is 5.56 Å². The molecule has 0 saturated carbocycles. The predicted molar refractivity (Wildman–Crippen MR) is 142 cm³/mol. The Balaban J connectivity index is 1.51. The highest BCUT2D eigenvalue weighted by atomic mass is 16.6. The van der Waals surface area contributed by atoms with Crippen molar-refractivity contribution in [3.63, 3.8) is 0 Å². The first kappa shape index (κ1) is 27.7. The van der Waals surface area contributed by atoms with E-state index in [4.69, 9.17) is 14.2 Å². The Morgan fingerprint density at radius 3 is 2.26 bits per heavy atom. The average molecular weight is 521 g/mol. The van der Waals surface area contributed by atoms with Crippen LogP contribution in [0.1, 0.15) is 31.4 Å². The minimum absolute atomic E-state index is 0.00718. The number of nitro groups is 1. The number of ether oxygens (including phenoxy) is 3. The molecule has 11 nitrogen and oxygen atoms in total. The number of rotatable bonds is 13. The molecule has 0 unspecified atom stereocenters. The fourth-order valence-electron chi connectivity index (χ4n) is 3.24. The van der Waals surface area contributed by atoms with Gasteiger partial charge in [-0.15, -0.1) is 0 Å². The lowest BCUT2D eigenvalue weighted by Crippen LogP contribution is -2.24. The summed E-state index contributed by atoms with van der Waals surface area (Å²) < 4.78 is 16.8. The number of nitro benzene ring substituents is 1. The van der Waals surface area contributed by atoms with E-state index in [1.165, 1.54) is 18.3 Å². The van der Waals surface area contributed by atoms with Gasteiger partial charge in [0.2, 0.25) is 11.8 Å². The number of hydrazone groups is 1. The van der Waals surface area contributed by atoms with Crippen LogP contribution in [-0.4, -0.2) is 36.2 Å². The zero-order valence-electron chi connectivity index (χ0n) is 21.0. The highest BCUT2D eigenvalue weighted by molar-refractivity contribution is 6.03. The molecule has 2 amide bonds. The topological polar surface area (TPSA) is 141 Å². The van der Waals surface area contributed by atoms with Crippen LogP contribution in [0.2, 0.25) is 0 Å². The number of nitrogens with zero attached hydrogens (tertiary/aromatic N) is 2. The minimum atomic E-state index is -0.572. The van der Waals surface area contributed by atoms with Crippen molar-refractivity contribution in [1.29, 1.82) is 0 Å². The molecule has 0 saturated heterocycles. The van der Waals surface area contributed by atoms with Gasteiger partial charge in [0, 0.05) is 17.8 Å². The van der Waals surface area contributed by atoms with E-state index in [-0.39, 0.29) is 12.3 Å². The Labute approximate surface area is 219 Å². The van der Waals surface area contributed by atoms with E-state index in [9.17, 15) is 19.7 Å². The van der Waals surface area contributed by atoms with Crippen molar-refractivity contribution in [1.82, 2.24) is 5.43 Å². The molecule has 0 bridgehead atoms. The molecule has 0 aromatic heterocycles. The Kier molecular flexibility index (Phi) is 10.2. The van der Waals surface area contributed by atoms with Crippen molar-refractivity contribution in [3.05, 3.63) is 88.0 Å². The van der Waals surface area contributed by atoms with Crippen molar-refractivity contribution in [2.45, 2.75) is 26.9 Å². The number of anilines is 1. The van der Waals surface area contributed by atoms with Crippen molar-refractivity contribution in [2.24, 2.45) is 5.10 Å². The second kappa shape index (κ2) is 14.0. The normalized spacial score (nSPS) is 10.6. The number of nitrogens with one attached hydrogen (secondary N) is 2. The van der Waals surface area contributed by atoms with Gasteiger partial charge in [0.25, 0.3) is 5.69 Å². The molecular weight excluding hydrogens is 492 g/mol. The lowest BCUT2D eigenvalue weighted by Gasteiger charge is -2.12. The zero-order chi connectivity index (χ0) is 27.3. The van der Waals surface area contributed by atoms with Gasteiger partial charge in [-0.05, 0) is 79.6 Å². The van der Waals surface area contributed by atoms with Crippen molar-refractivity contribution < 1.29 is 28.7 Å². The number of non-ortho nitro benzene ring substituents is 1. The maximum atomic E-state index is 12.1. The van der Waals surface area contributed by atoms with Crippen molar-refractivity contribution >= 4 is 29.4 Å². The quantitative estimate of drug-likeness (QED) is 0.147. The number of hydrogen-bond donors (Lipinski definition) is 2. The molecule has 198 valence electrons. The summed E-state index contributed by atoms with van der Waals surface area (Å²) in [5, 5.41) is 17.3. The molecule has 0 radical (unpaired) electrons. The summed E-state index contributed by atoms with van der Waals surface area (Å²) in [4.78, 5) is 34.5. The van der Waals surface area contributed by atoms with Crippen LogP contribution in [-0.2, 0) is 16.2 Å². The summed E-state index contributed by atoms with van der Waals surface area (Å²) in [6.07, 6.45) is 1.02. The molecule has 0 heterocycles. The van der Waals surface area contributed by atoms with Crippen LogP contribution < -0.4 is 25.0 Å². The fourth-order valence-corrected chi connectivity index (χ4v) is 3.24. The van der Waals surface area contributed by atoms with E-state index < -0.39 is 23.2 Å². The molecule has 3 aromatic rings. The number of carbonyl (C=O) groups excluding carboxylic acids is 2. The molecule has 0 aliphatic rings. The summed E-state index contributed by atoms with van der Waals surface area (Å²) in [5.41, 5.74) is 4.28. The number of benzene rings is 3. The predicted octanol–water partition coefficient (Wildman–Crippen LogP) is 4.45. The first-order chi connectivity index (χ1) is 18.4. The zero-order valence-corrected chi connectivity index (χ0v) is 21.0. The van der Waals surface area contributed by atoms with Crippen LogP contribution in [0.25, 0.3) is 0 Å². The third kappa shape index (κ3) is 8.63. The Bertz CT molecular complexity index is 1280. The van der Waals surface area contributed by atoms with Gasteiger partial charge in [-0.3, -0.25) is 19.7 Å². The van der Waals surface area contributed by atoms with Gasteiger partial charge in [-0.2, -0.15) is 5.10 Å². The maximum Gasteiger partial charge on any atom is 0.269 e. The molecule has 38 heavy (non-hydrogen) atoms. The van der Waals surface area contributed by atoms with Crippen molar-refractivity contribution in [2.75, 3.05) is 18.5 Å². The summed E-state index contributed by atoms with van der Waals surface area (Å²) in [5.74, 6) is 0.596. The molecule has 11 heteroatoms.